The van der Waals surface area contributed by atoms with Crippen LogP contribution in [-0.4, -0.2) is 49.5 Å². The smallest absolute Gasteiger partial charge is 0.269 e. The minimum atomic E-state index is -0.458. The number of hydrogen-bond acceptors (Lipinski definition) is 14. The predicted molar refractivity (Wildman–Crippen MR) is 162 cm³/mol. The predicted octanol–water partition coefficient (Wildman–Crippen LogP) is 5.65. The quantitative estimate of drug-likeness (QED) is 0.129. The number of non-ortho nitro benzene ring substituents is 2. The summed E-state index contributed by atoms with van der Waals surface area (Å²) in [6, 6.07) is 17.2. The minimum Gasteiger partial charge on any atom is -0.485 e. The molecular weight excluding hydrogens is 648 g/mol. The molecule has 3 aromatic carbocycles. The van der Waals surface area contributed by atoms with Crippen LogP contribution in [0.2, 0.25) is 5.02 Å². The molecule has 0 radical (unpaired) electrons. The standard InChI is InChI=1S/C26H15ClN10O6S2/c27-19-11-18(42-12-21-28-30-25-34(21)32-23(44-25)14-1-5-16(6-2-14)36(38)39)9-10-20(19)43-13-22-29-31-26-35(22)33-24(45-26)15-3-7-17(8-4-15)37(40)41/h1-11H,12-13H2. The minimum absolute atomic E-state index is 0.00310. The molecule has 0 unspecified atom stereocenters. The number of nitro benzene ring substituents is 2. The Balaban J connectivity index is 0.998. The number of nitro groups is 2. The average molecular weight is 663 g/mol. The van der Waals surface area contributed by atoms with Gasteiger partial charge in [0.25, 0.3) is 11.4 Å². The van der Waals surface area contributed by atoms with Gasteiger partial charge in [-0.25, -0.2) is 0 Å². The van der Waals surface area contributed by atoms with Crippen LogP contribution in [0.4, 0.5) is 11.4 Å². The van der Waals surface area contributed by atoms with E-state index in [9.17, 15) is 20.2 Å². The number of fused-ring (bicyclic) bond motifs is 2. The fraction of sp³-hybridized carbons (Fsp3) is 0.0769. The Bertz CT molecular complexity index is 2210. The molecule has 0 aliphatic carbocycles. The maximum atomic E-state index is 10.9. The van der Waals surface area contributed by atoms with Crippen molar-refractivity contribution < 1.29 is 19.3 Å². The highest BCUT2D eigenvalue weighted by molar-refractivity contribution is 7.20. The first-order valence-corrected chi connectivity index (χ1v) is 14.8. The second kappa shape index (κ2) is 11.5. The average Bonchev–Trinajstić information content (AvgIpc) is 3.82. The van der Waals surface area contributed by atoms with Gasteiger partial charge in [0.15, 0.2) is 11.6 Å². The molecule has 0 aliphatic rings. The van der Waals surface area contributed by atoms with Gasteiger partial charge in [-0.1, -0.05) is 34.3 Å². The molecule has 0 N–H and O–H groups in total. The van der Waals surface area contributed by atoms with Crippen molar-refractivity contribution in [1.82, 2.24) is 39.6 Å². The van der Waals surface area contributed by atoms with E-state index in [4.69, 9.17) is 21.1 Å². The summed E-state index contributed by atoms with van der Waals surface area (Å²) in [5, 5.41) is 49.0. The molecule has 0 saturated heterocycles. The monoisotopic (exact) mass is 662 g/mol. The Kier molecular flexibility index (Phi) is 7.20. The van der Waals surface area contributed by atoms with Crippen LogP contribution in [0, 0.1) is 20.2 Å². The highest BCUT2D eigenvalue weighted by atomic mass is 35.5. The van der Waals surface area contributed by atoms with Crippen molar-refractivity contribution in [2.45, 2.75) is 13.2 Å². The number of benzene rings is 3. The van der Waals surface area contributed by atoms with Gasteiger partial charge in [0.2, 0.25) is 9.92 Å². The van der Waals surface area contributed by atoms with Gasteiger partial charge in [-0.3, -0.25) is 20.2 Å². The lowest BCUT2D eigenvalue weighted by molar-refractivity contribution is -0.385. The summed E-state index contributed by atoms with van der Waals surface area (Å²) in [5.41, 5.74) is 1.43. The van der Waals surface area contributed by atoms with Crippen molar-refractivity contribution in [2.24, 2.45) is 0 Å². The van der Waals surface area contributed by atoms with Crippen LogP contribution >= 0.6 is 34.3 Å². The van der Waals surface area contributed by atoms with Gasteiger partial charge in [0.05, 0.1) is 14.9 Å². The molecule has 0 aliphatic heterocycles. The van der Waals surface area contributed by atoms with Gasteiger partial charge in [-0.2, -0.15) is 19.2 Å². The first kappa shape index (κ1) is 28.2. The van der Waals surface area contributed by atoms with Gasteiger partial charge < -0.3 is 9.47 Å². The van der Waals surface area contributed by atoms with Gasteiger partial charge in [0.1, 0.15) is 34.7 Å². The number of rotatable bonds is 10. The molecule has 4 heterocycles. The SMILES string of the molecule is O=[N+]([O-])c1ccc(-c2nn3c(COc4ccc(OCc5nnc6sc(-c7ccc([N+](=O)[O-])cc7)nn56)c(Cl)c4)nnc3s2)cc1. The zero-order chi connectivity index (χ0) is 31.1. The van der Waals surface area contributed by atoms with Gasteiger partial charge in [-0.15, -0.1) is 20.4 Å². The molecule has 0 saturated carbocycles. The molecule has 19 heteroatoms. The number of halogens is 1. The van der Waals surface area contributed by atoms with Crippen LogP contribution in [0.25, 0.3) is 31.1 Å². The zero-order valence-corrected chi connectivity index (χ0v) is 24.8. The van der Waals surface area contributed by atoms with E-state index in [1.165, 1.54) is 46.9 Å². The lowest BCUT2D eigenvalue weighted by Gasteiger charge is -2.09. The summed E-state index contributed by atoms with van der Waals surface area (Å²) in [7, 11) is 0. The third-order valence-corrected chi connectivity index (χ3v) is 8.58. The molecule has 0 fully saturated rings. The van der Waals surface area contributed by atoms with Crippen molar-refractivity contribution in [2.75, 3.05) is 0 Å². The van der Waals surface area contributed by atoms with Crippen molar-refractivity contribution in [3.63, 3.8) is 0 Å². The summed E-state index contributed by atoms with van der Waals surface area (Å²) >= 11 is 9.06. The highest BCUT2D eigenvalue weighted by Gasteiger charge is 2.17. The first-order valence-electron chi connectivity index (χ1n) is 12.8. The third kappa shape index (κ3) is 5.59. The molecular formula is C26H15ClN10O6S2. The first-order chi connectivity index (χ1) is 21.8. The largest absolute Gasteiger partial charge is 0.485 e. The summed E-state index contributed by atoms with van der Waals surface area (Å²) in [4.78, 5) is 22.0. The summed E-state index contributed by atoms with van der Waals surface area (Å²) in [5.74, 6) is 1.76. The van der Waals surface area contributed by atoms with E-state index in [-0.39, 0.29) is 24.6 Å². The number of nitrogens with zero attached hydrogens (tertiary/aromatic N) is 10. The molecule has 224 valence electrons. The Labute approximate surface area is 263 Å². The van der Waals surface area contributed by atoms with E-state index in [0.29, 0.717) is 53.7 Å². The summed E-state index contributed by atoms with van der Waals surface area (Å²) in [6.45, 7) is 0.0863. The number of hydrogen-bond donors (Lipinski definition) is 0. The highest BCUT2D eigenvalue weighted by Crippen LogP contribution is 2.32. The normalized spacial score (nSPS) is 11.3. The van der Waals surface area contributed by atoms with E-state index in [2.05, 4.69) is 30.6 Å². The van der Waals surface area contributed by atoms with Crippen molar-refractivity contribution >= 4 is 55.6 Å². The number of aromatic nitrogens is 8. The molecule has 7 aromatic rings. The fourth-order valence-electron chi connectivity index (χ4n) is 4.16. The molecule has 0 amide bonds. The Hall–Kier alpha value is -5.59. The maximum Gasteiger partial charge on any atom is 0.269 e. The second-order valence-corrected chi connectivity index (χ2v) is 11.5. The van der Waals surface area contributed by atoms with Crippen LogP contribution in [0.5, 0.6) is 11.5 Å². The van der Waals surface area contributed by atoms with Crippen LogP contribution in [-0.2, 0) is 13.2 Å². The van der Waals surface area contributed by atoms with Gasteiger partial charge in [0, 0.05) is 41.5 Å². The van der Waals surface area contributed by atoms with Gasteiger partial charge in [-0.05, 0) is 36.4 Å². The molecule has 16 nitrogen and oxygen atoms in total. The van der Waals surface area contributed by atoms with Crippen molar-refractivity contribution in [3.05, 3.63) is 104 Å². The van der Waals surface area contributed by atoms with E-state index in [0.717, 1.165) is 5.56 Å². The molecule has 7 rings (SSSR count). The lowest BCUT2D eigenvalue weighted by Crippen LogP contribution is -2.04. The topological polar surface area (TPSA) is 191 Å². The molecule has 4 aromatic heterocycles. The second-order valence-electron chi connectivity index (χ2n) is 9.21. The van der Waals surface area contributed by atoms with E-state index < -0.39 is 9.85 Å². The van der Waals surface area contributed by atoms with E-state index in [1.807, 2.05) is 0 Å². The van der Waals surface area contributed by atoms with Crippen molar-refractivity contribution in [3.8, 4) is 32.6 Å². The van der Waals surface area contributed by atoms with Crippen LogP contribution in [0.3, 0.4) is 0 Å². The number of ether oxygens (including phenoxy) is 2. The third-order valence-electron chi connectivity index (χ3n) is 6.39. The Morgan fingerprint density at radius 2 is 1.18 bits per heavy atom. The molecule has 0 spiro atoms. The van der Waals surface area contributed by atoms with Crippen molar-refractivity contribution in [1.29, 1.82) is 0 Å². The maximum absolute atomic E-state index is 10.9. The summed E-state index contributed by atoms with van der Waals surface area (Å²) in [6.07, 6.45) is 0. The lowest BCUT2D eigenvalue weighted by atomic mass is 10.2. The fourth-order valence-corrected chi connectivity index (χ4v) is 6.11. The van der Waals surface area contributed by atoms with E-state index >= 15 is 0 Å². The van der Waals surface area contributed by atoms with Crippen LogP contribution < -0.4 is 9.47 Å². The zero-order valence-electron chi connectivity index (χ0n) is 22.4. The van der Waals surface area contributed by atoms with Gasteiger partial charge >= 0.3 is 0 Å². The molecule has 0 atom stereocenters. The molecule has 0 bridgehead atoms. The van der Waals surface area contributed by atoms with Crippen LogP contribution in [0.15, 0.2) is 66.7 Å². The molecule has 45 heavy (non-hydrogen) atoms. The Morgan fingerprint density at radius 1 is 0.689 bits per heavy atom. The summed E-state index contributed by atoms with van der Waals surface area (Å²) < 4.78 is 14.9. The van der Waals surface area contributed by atoms with E-state index in [1.54, 1.807) is 51.5 Å². The Morgan fingerprint density at radius 3 is 1.64 bits per heavy atom. The van der Waals surface area contributed by atoms with Crippen LogP contribution in [0.1, 0.15) is 11.6 Å².